The van der Waals surface area contributed by atoms with Crippen molar-refractivity contribution in [2.75, 3.05) is 24.5 Å². The molecular formula is C22H26N2O3. The van der Waals surface area contributed by atoms with E-state index in [9.17, 15) is 9.59 Å². The van der Waals surface area contributed by atoms with Gasteiger partial charge in [0, 0.05) is 25.7 Å². The van der Waals surface area contributed by atoms with Crippen molar-refractivity contribution in [3.8, 4) is 11.5 Å². The van der Waals surface area contributed by atoms with E-state index in [-0.39, 0.29) is 18.4 Å². The van der Waals surface area contributed by atoms with Gasteiger partial charge in [-0.25, -0.2) is 0 Å². The van der Waals surface area contributed by atoms with Crippen LogP contribution in [0.25, 0.3) is 0 Å². The van der Waals surface area contributed by atoms with Crippen LogP contribution in [0.1, 0.15) is 26.7 Å². The molecule has 1 heterocycles. The molecule has 0 bridgehead atoms. The third-order valence-electron chi connectivity index (χ3n) is 4.81. The monoisotopic (exact) mass is 366 g/mol. The van der Waals surface area contributed by atoms with Gasteiger partial charge in [0.15, 0.2) is 0 Å². The lowest BCUT2D eigenvalue weighted by Crippen LogP contribution is -2.46. The Bertz CT molecular complexity index is 774. The number of piperidine rings is 1. The van der Waals surface area contributed by atoms with Gasteiger partial charge in [-0.1, -0.05) is 25.1 Å². The first kappa shape index (κ1) is 19.0. The predicted octanol–water partition coefficient (Wildman–Crippen LogP) is 4.09. The molecule has 1 aliphatic rings. The lowest BCUT2D eigenvalue weighted by atomic mass is 10.0. The fourth-order valence-electron chi connectivity index (χ4n) is 3.35. The van der Waals surface area contributed by atoms with Crippen molar-refractivity contribution in [1.29, 1.82) is 0 Å². The minimum Gasteiger partial charge on any atom is -0.457 e. The van der Waals surface area contributed by atoms with Crippen LogP contribution in [0.3, 0.4) is 0 Å². The molecule has 5 nitrogen and oxygen atoms in total. The highest BCUT2D eigenvalue weighted by atomic mass is 16.5. The smallest absolute Gasteiger partial charge is 0.242 e. The van der Waals surface area contributed by atoms with E-state index in [0.29, 0.717) is 17.4 Å². The van der Waals surface area contributed by atoms with Crippen LogP contribution in [0, 0.1) is 5.92 Å². The average Bonchev–Trinajstić information content (AvgIpc) is 2.67. The topological polar surface area (TPSA) is 49.9 Å². The van der Waals surface area contributed by atoms with Gasteiger partial charge in [-0.3, -0.25) is 9.59 Å². The molecule has 2 aromatic carbocycles. The van der Waals surface area contributed by atoms with Crippen LogP contribution in [-0.2, 0) is 9.59 Å². The number of nitrogens with zero attached hydrogens (tertiary/aromatic N) is 2. The van der Waals surface area contributed by atoms with Gasteiger partial charge in [0.1, 0.15) is 18.0 Å². The molecule has 1 atom stereocenters. The zero-order valence-corrected chi connectivity index (χ0v) is 15.9. The molecule has 1 aliphatic heterocycles. The van der Waals surface area contributed by atoms with Crippen molar-refractivity contribution in [2.24, 2.45) is 5.92 Å². The third-order valence-corrected chi connectivity index (χ3v) is 4.81. The SMILES string of the molecule is CC(=O)N(CC(=O)N1CCCC(C)C1)c1ccc(Oc2ccccc2)cc1. The summed E-state index contributed by atoms with van der Waals surface area (Å²) < 4.78 is 5.78. The number of benzene rings is 2. The molecule has 0 radical (unpaired) electrons. The number of amides is 2. The van der Waals surface area contributed by atoms with E-state index >= 15 is 0 Å². The maximum Gasteiger partial charge on any atom is 0.242 e. The van der Waals surface area contributed by atoms with Gasteiger partial charge in [-0.15, -0.1) is 0 Å². The number of anilines is 1. The van der Waals surface area contributed by atoms with Crippen LogP contribution >= 0.6 is 0 Å². The van der Waals surface area contributed by atoms with Crippen molar-refractivity contribution in [2.45, 2.75) is 26.7 Å². The second-order valence-electron chi connectivity index (χ2n) is 7.10. The van der Waals surface area contributed by atoms with E-state index < -0.39 is 0 Å². The first-order valence-corrected chi connectivity index (χ1v) is 9.42. The van der Waals surface area contributed by atoms with Gasteiger partial charge in [0.05, 0.1) is 0 Å². The first-order chi connectivity index (χ1) is 13.0. The summed E-state index contributed by atoms with van der Waals surface area (Å²) in [6.07, 6.45) is 2.18. The highest BCUT2D eigenvalue weighted by Crippen LogP contribution is 2.25. The zero-order chi connectivity index (χ0) is 19.2. The van der Waals surface area contributed by atoms with E-state index in [0.717, 1.165) is 31.7 Å². The molecule has 0 aromatic heterocycles. The quantitative estimate of drug-likeness (QED) is 0.801. The number of para-hydroxylation sites is 1. The highest BCUT2D eigenvalue weighted by Gasteiger charge is 2.24. The molecule has 0 spiro atoms. The average molecular weight is 366 g/mol. The summed E-state index contributed by atoms with van der Waals surface area (Å²) in [6, 6.07) is 16.8. The molecule has 1 unspecified atom stereocenters. The van der Waals surface area contributed by atoms with Gasteiger partial charge >= 0.3 is 0 Å². The highest BCUT2D eigenvalue weighted by molar-refractivity contribution is 5.97. The Hall–Kier alpha value is -2.82. The van der Waals surface area contributed by atoms with E-state index in [1.807, 2.05) is 59.5 Å². The number of carbonyl (C=O) groups excluding carboxylic acids is 2. The Morgan fingerprint density at radius 1 is 1.07 bits per heavy atom. The maximum atomic E-state index is 12.6. The van der Waals surface area contributed by atoms with Crippen molar-refractivity contribution in [3.63, 3.8) is 0 Å². The summed E-state index contributed by atoms with van der Waals surface area (Å²) in [6.45, 7) is 5.27. The van der Waals surface area contributed by atoms with Crippen LogP contribution in [0.5, 0.6) is 11.5 Å². The van der Waals surface area contributed by atoms with Crippen LogP contribution in [-0.4, -0.2) is 36.3 Å². The molecule has 0 N–H and O–H groups in total. The molecule has 1 fully saturated rings. The van der Waals surface area contributed by atoms with Gasteiger partial charge in [-0.2, -0.15) is 0 Å². The molecule has 27 heavy (non-hydrogen) atoms. The largest absolute Gasteiger partial charge is 0.457 e. The standard InChI is InChI=1S/C22H26N2O3/c1-17-7-6-14-23(15-17)22(26)16-24(18(2)25)19-10-12-21(13-11-19)27-20-8-4-3-5-9-20/h3-5,8-13,17H,6-7,14-16H2,1-2H3. The molecule has 3 rings (SSSR count). The van der Waals surface area contributed by atoms with E-state index in [2.05, 4.69) is 6.92 Å². The summed E-state index contributed by atoms with van der Waals surface area (Å²) in [5.41, 5.74) is 0.696. The lowest BCUT2D eigenvalue weighted by molar-refractivity contribution is -0.132. The van der Waals surface area contributed by atoms with Crippen LogP contribution in [0.4, 0.5) is 5.69 Å². The van der Waals surface area contributed by atoms with Gasteiger partial charge < -0.3 is 14.5 Å². The second kappa shape index (κ2) is 8.71. The Balaban J connectivity index is 1.67. The van der Waals surface area contributed by atoms with Crippen LogP contribution in [0.2, 0.25) is 0 Å². The molecule has 142 valence electrons. The van der Waals surface area contributed by atoms with E-state index in [1.54, 1.807) is 0 Å². The molecule has 0 saturated carbocycles. The minimum atomic E-state index is -0.148. The van der Waals surface area contributed by atoms with Crippen LogP contribution < -0.4 is 9.64 Å². The van der Waals surface area contributed by atoms with Crippen LogP contribution in [0.15, 0.2) is 54.6 Å². The predicted molar refractivity (Wildman–Crippen MR) is 106 cm³/mol. The Labute approximate surface area is 160 Å². The third kappa shape index (κ3) is 5.09. The normalized spacial score (nSPS) is 16.7. The number of rotatable bonds is 5. The van der Waals surface area contributed by atoms with E-state index in [1.165, 1.54) is 11.8 Å². The molecule has 2 aromatic rings. The zero-order valence-electron chi connectivity index (χ0n) is 15.9. The number of carbonyl (C=O) groups is 2. The number of hydrogen-bond donors (Lipinski definition) is 0. The molecular weight excluding hydrogens is 340 g/mol. The van der Waals surface area contributed by atoms with Crippen molar-refractivity contribution < 1.29 is 14.3 Å². The van der Waals surface area contributed by atoms with Crippen molar-refractivity contribution in [3.05, 3.63) is 54.6 Å². The fourth-order valence-corrected chi connectivity index (χ4v) is 3.35. The maximum absolute atomic E-state index is 12.6. The number of ether oxygens (including phenoxy) is 1. The molecule has 0 aliphatic carbocycles. The fraction of sp³-hybridized carbons (Fsp3) is 0.364. The summed E-state index contributed by atoms with van der Waals surface area (Å²) in [5.74, 6) is 1.81. The summed E-state index contributed by atoms with van der Waals surface area (Å²) in [5, 5.41) is 0. The summed E-state index contributed by atoms with van der Waals surface area (Å²) >= 11 is 0. The van der Waals surface area contributed by atoms with Crippen molar-refractivity contribution in [1.82, 2.24) is 4.90 Å². The summed E-state index contributed by atoms with van der Waals surface area (Å²) in [7, 11) is 0. The Kier molecular flexibility index (Phi) is 6.12. The Morgan fingerprint density at radius 3 is 2.37 bits per heavy atom. The van der Waals surface area contributed by atoms with Gasteiger partial charge in [-0.05, 0) is 55.2 Å². The molecule has 2 amide bonds. The van der Waals surface area contributed by atoms with Crippen molar-refractivity contribution >= 4 is 17.5 Å². The Morgan fingerprint density at radius 2 is 1.74 bits per heavy atom. The lowest BCUT2D eigenvalue weighted by Gasteiger charge is -2.32. The van der Waals surface area contributed by atoms with Gasteiger partial charge in [0.2, 0.25) is 11.8 Å². The summed E-state index contributed by atoms with van der Waals surface area (Å²) in [4.78, 5) is 28.2. The number of likely N-dealkylation sites (tertiary alicyclic amines) is 1. The van der Waals surface area contributed by atoms with E-state index in [4.69, 9.17) is 4.74 Å². The minimum absolute atomic E-state index is 0.00126. The second-order valence-corrected chi connectivity index (χ2v) is 7.10. The van der Waals surface area contributed by atoms with Gasteiger partial charge in [0.25, 0.3) is 0 Å². The molecule has 1 saturated heterocycles. The first-order valence-electron chi connectivity index (χ1n) is 9.42. The molecule has 5 heteroatoms. The number of hydrogen-bond acceptors (Lipinski definition) is 3.